The van der Waals surface area contributed by atoms with Crippen molar-refractivity contribution in [3.05, 3.63) is 72.1 Å². The van der Waals surface area contributed by atoms with E-state index in [9.17, 15) is 22.8 Å². The molecule has 3 heterocycles. The maximum atomic E-state index is 12.0. The third-order valence-corrected chi connectivity index (χ3v) is 4.90. The van der Waals surface area contributed by atoms with Crippen LogP contribution in [0.5, 0.6) is 0 Å². The summed E-state index contributed by atoms with van der Waals surface area (Å²) in [6.45, 7) is 2.44. The molecule has 11 heteroatoms. The van der Waals surface area contributed by atoms with E-state index in [2.05, 4.69) is 20.6 Å². The van der Waals surface area contributed by atoms with Crippen molar-refractivity contribution in [3.63, 3.8) is 0 Å². The molecule has 2 amide bonds. The number of carbonyl (C=O) groups is 3. The molecular weight excluding hydrogens is 465 g/mol. The van der Waals surface area contributed by atoms with Gasteiger partial charge < -0.3 is 20.7 Å². The number of amides is 2. The minimum Gasteiger partial charge on any atom is -0.475 e. The van der Waals surface area contributed by atoms with Crippen molar-refractivity contribution in [2.75, 3.05) is 11.9 Å². The number of carbonyl (C=O) groups excluding carboxylic acids is 2. The zero-order valence-electron chi connectivity index (χ0n) is 18.4. The highest BCUT2D eigenvalue weighted by Gasteiger charge is 2.38. The van der Waals surface area contributed by atoms with Crippen LogP contribution in [0.1, 0.15) is 23.0 Å². The van der Waals surface area contributed by atoms with E-state index in [0.717, 1.165) is 34.6 Å². The number of benzene rings is 1. The quantitative estimate of drug-likeness (QED) is 0.412. The summed E-state index contributed by atoms with van der Waals surface area (Å²) >= 11 is 0. The number of hydrogen-bond acceptors (Lipinski definition) is 4. The fourth-order valence-electron chi connectivity index (χ4n) is 3.34. The minimum atomic E-state index is -5.08. The number of halogens is 3. The van der Waals surface area contributed by atoms with Crippen LogP contribution in [-0.4, -0.2) is 45.6 Å². The van der Waals surface area contributed by atoms with Gasteiger partial charge in [0, 0.05) is 41.7 Å². The predicted molar refractivity (Wildman–Crippen MR) is 123 cm³/mol. The number of allylic oxidation sites excluding steroid dienone is 1. The Labute approximate surface area is 197 Å². The zero-order valence-corrected chi connectivity index (χ0v) is 18.4. The largest absolute Gasteiger partial charge is 0.490 e. The lowest BCUT2D eigenvalue weighted by atomic mass is 10.0. The van der Waals surface area contributed by atoms with Crippen LogP contribution in [0.25, 0.3) is 22.5 Å². The molecule has 0 bridgehead atoms. The number of aromatic amines is 1. The Morgan fingerprint density at radius 1 is 1.14 bits per heavy atom. The van der Waals surface area contributed by atoms with Crippen LogP contribution in [-0.2, 0) is 16.0 Å². The molecule has 0 fully saturated rings. The molecule has 0 aliphatic carbocycles. The number of alkyl halides is 3. The highest BCUT2D eigenvalue weighted by Crippen LogP contribution is 2.30. The van der Waals surface area contributed by atoms with E-state index in [1.165, 1.54) is 6.08 Å². The second-order valence-electron chi connectivity index (χ2n) is 7.35. The van der Waals surface area contributed by atoms with E-state index in [1.54, 1.807) is 19.2 Å². The second-order valence-corrected chi connectivity index (χ2v) is 7.35. The van der Waals surface area contributed by atoms with Crippen molar-refractivity contribution >= 4 is 23.5 Å². The van der Waals surface area contributed by atoms with Gasteiger partial charge in [0.1, 0.15) is 0 Å². The molecule has 0 unspecified atom stereocenters. The number of nitrogens with zero attached hydrogens (tertiary/aromatic N) is 1. The molecule has 35 heavy (non-hydrogen) atoms. The molecule has 0 saturated heterocycles. The normalized spacial score (nSPS) is 12.9. The van der Waals surface area contributed by atoms with Crippen molar-refractivity contribution in [3.8, 4) is 22.5 Å². The number of rotatable bonds is 4. The number of carboxylic acid groups (broad SMARTS) is 1. The Morgan fingerprint density at radius 2 is 1.86 bits per heavy atom. The number of anilines is 1. The summed E-state index contributed by atoms with van der Waals surface area (Å²) in [6.07, 6.45) is 0.614. The Balaban J connectivity index is 0.000000429. The van der Waals surface area contributed by atoms with Crippen LogP contribution < -0.4 is 10.6 Å². The lowest BCUT2D eigenvalue weighted by Gasteiger charge is -2.11. The molecule has 4 N–H and O–H groups in total. The van der Waals surface area contributed by atoms with E-state index < -0.39 is 12.1 Å². The minimum absolute atomic E-state index is 0.0462. The van der Waals surface area contributed by atoms with Crippen molar-refractivity contribution in [2.24, 2.45) is 0 Å². The standard InChI is InChI=1S/C22H20N4O2.C2HF3O2/c1-2-5-21(27)26-17-7-4-3-6-15(17)20-12-14(8-10-23-20)19-13-16-18(25-19)9-11-24-22(16)28;3-2(4,5)1(6)7/h2-8,10,12-13,25H,9,11H2,1H3,(H,24,28)(H,26,27);(H,6,7)/b5-2+;. The number of aliphatic carboxylic acids is 1. The van der Waals surface area contributed by atoms with Crippen molar-refractivity contribution in [2.45, 2.75) is 19.5 Å². The van der Waals surface area contributed by atoms with Gasteiger partial charge in [-0.2, -0.15) is 13.2 Å². The molecular formula is C24H21F3N4O4. The molecule has 0 spiro atoms. The maximum absolute atomic E-state index is 12.0. The summed E-state index contributed by atoms with van der Waals surface area (Å²) in [6, 6.07) is 13.3. The number of carboxylic acids is 1. The van der Waals surface area contributed by atoms with E-state index in [4.69, 9.17) is 9.90 Å². The van der Waals surface area contributed by atoms with Gasteiger partial charge in [0.25, 0.3) is 5.91 Å². The van der Waals surface area contributed by atoms with Gasteiger partial charge in [-0.3, -0.25) is 14.6 Å². The molecule has 2 aromatic heterocycles. The summed E-state index contributed by atoms with van der Waals surface area (Å²) in [7, 11) is 0. The van der Waals surface area contributed by atoms with Crippen molar-refractivity contribution in [1.29, 1.82) is 0 Å². The topological polar surface area (TPSA) is 124 Å². The number of aromatic nitrogens is 2. The fraction of sp³-hybridized carbons (Fsp3) is 0.167. The van der Waals surface area contributed by atoms with Crippen LogP contribution in [0.2, 0.25) is 0 Å². The third kappa shape index (κ3) is 6.34. The van der Waals surface area contributed by atoms with E-state index in [1.807, 2.05) is 42.5 Å². The van der Waals surface area contributed by atoms with Crippen LogP contribution in [0.4, 0.5) is 18.9 Å². The number of pyridine rings is 1. The molecule has 8 nitrogen and oxygen atoms in total. The summed E-state index contributed by atoms with van der Waals surface area (Å²) in [5.41, 5.74) is 5.72. The Hall–Kier alpha value is -4.41. The van der Waals surface area contributed by atoms with E-state index in [0.29, 0.717) is 17.8 Å². The SMILES string of the molecule is C/C=C/C(=O)Nc1ccccc1-c1cc(-c2cc3c([nH]2)CCNC3=O)ccn1.O=C(O)C(F)(F)F. The van der Waals surface area contributed by atoms with Gasteiger partial charge in [-0.25, -0.2) is 4.79 Å². The average molecular weight is 486 g/mol. The van der Waals surface area contributed by atoms with Crippen molar-refractivity contribution in [1.82, 2.24) is 15.3 Å². The molecule has 0 saturated carbocycles. The molecule has 182 valence electrons. The first kappa shape index (κ1) is 25.2. The molecule has 0 atom stereocenters. The first-order valence-corrected chi connectivity index (χ1v) is 10.4. The number of hydrogen-bond donors (Lipinski definition) is 4. The van der Waals surface area contributed by atoms with Gasteiger partial charge in [-0.1, -0.05) is 24.3 Å². The van der Waals surface area contributed by atoms with E-state index >= 15 is 0 Å². The average Bonchev–Trinajstić information content (AvgIpc) is 3.25. The lowest BCUT2D eigenvalue weighted by molar-refractivity contribution is -0.192. The predicted octanol–water partition coefficient (Wildman–Crippen LogP) is 4.18. The van der Waals surface area contributed by atoms with Gasteiger partial charge in [0.2, 0.25) is 5.91 Å². The number of H-pyrrole nitrogens is 1. The van der Waals surface area contributed by atoms with Crippen molar-refractivity contribution < 1.29 is 32.7 Å². The molecule has 3 aromatic rings. The van der Waals surface area contributed by atoms with Crippen LogP contribution in [0.15, 0.2) is 60.8 Å². The Morgan fingerprint density at radius 3 is 2.51 bits per heavy atom. The van der Waals surface area contributed by atoms with Crippen LogP contribution in [0.3, 0.4) is 0 Å². The first-order valence-electron chi connectivity index (χ1n) is 10.4. The molecule has 1 aromatic carbocycles. The number of fused-ring (bicyclic) bond motifs is 1. The summed E-state index contributed by atoms with van der Waals surface area (Å²) in [5.74, 6) is -2.99. The molecule has 4 rings (SSSR count). The monoisotopic (exact) mass is 486 g/mol. The highest BCUT2D eigenvalue weighted by atomic mass is 19.4. The van der Waals surface area contributed by atoms with Gasteiger partial charge in [-0.05, 0) is 37.3 Å². The second kappa shape index (κ2) is 10.7. The summed E-state index contributed by atoms with van der Waals surface area (Å²) < 4.78 is 31.7. The Kier molecular flexibility index (Phi) is 7.69. The maximum Gasteiger partial charge on any atom is 0.490 e. The summed E-state index contributed by atoms with van der Waals surface area (Å²) in [5, 5.41) is 12.9. The van der Waals surface area contributed by atoms with Gasteiger partial charge in [0.15, 0.2) is 0 Å². The van der Waals surface area contributed by atoms with E-state index in [-0.39, 0.29) is 11.8 Å². The van der Waals surface area contributed by atoms with Gasteiger partial charge in [0.05, 0.1) is 16.9 Å². The molecule has 0 radical (unpaired) electrons. The number of nitrogens with one attached hydrogen (secondary N) is 3. The zero-order chi connectivity index (χ0) is 25.6. The van der Waals surface area contributed by atoms with Crippen LogP contribution >= 0.6 is 0 Å². The summed E-state index contributed by atoms with van der Waals surface area (Å²) in [4.78, 5) is 40.7. The van der Waals surface area contributed by atoms with Crippen LogP contribution in [0, 0.1) is 0 Å². The van der Waals surface area contributed by atoms with Gasteiger partial charge >= 0.3 is 12.1 Å². The third-order valence-electron chi connectivity index (χ3n) is 4.90. The highest BCUT2D eigenvalue weighted by molar-refractivity contribution is 6.02. The molecule has 1 aliphatic heterocycles. The molecule has 1 aliphatic rings. The fourth-order valence-corrected chi connectivity index (χ4v) is 3.34. The number of para-hydroxylation sites is 1. The Bertz CT molecular complexity index is 1280. The first-order chi connectivity index (χ1) is 16.6. The lowest BCUT2D eigenvalue weighted by Crippen LogP contribution is -2.31. The van der Waals surface area contributed by atoms with Gasteiger partial charge in [-0.15, -0.1) is 0 Å². The smallest absolute Gasteiger partial charge is 0.475 e.